The number of nitrogens with zero attached hydrogens (tertiary/aromatic N) is 2. The molecule has 0 spiro atoms. The Balaban J connectivity index is 0.000000162. The predicted molar refractivity (Wildman–Crippen MR) is 61.7 cm³/mol. The summed E-state index contributed by atoms with van der Waals surface area (Å²) in [5.74, 6) is 1.52. The average molecular weight is 203 g/mol. The van der Waals surface area contributed by atoms with Crippen LogP contribution in [0.15, 0.2) is 36.7 Å². The quantitative estimate of drug-likeness (QED) is 0.774. The Morgan fingerprint density at radius 1 is 1.13 bits per heavy atom. The normalized spacial score (nSPS) is 9.60. The van der Waals surface area contributed by atoms with Crippen LogP contribution in [0.1, 0.15) is 31.2 Å². The van der Waals surface area contributed by atoms with Gasteiger partial charge in [0.15, 0.2) is 0 Å². The van der Waals surface area contributed by atoms with Gasteiger partial charge < -0.3 is 0 Å². The van der Waals surface area contributed by atoms with Gasteiger partial charge in [-0.1, -0.05) is 44.2 Å². The molecule has 2 aromatic rings. The highest BCUT2D eigenvalue weighted by Gasteiger charge is 1.93. The van der Waals surface area contributed by atoms with Crippen LogP contribution >= 0.6 is 0 Å². The minimum absolute atomic E-state index is 0.659. The molecule has 1 aromatic carbocycles. The monoisotopic (exact) mass is 203 g/mol. The van der Waals surface area contributed by atoms with E-state index in [9.17, 15) is 0 Å². The highest BCUT2D eigenvalue weighted by atomic mass is 15.2. The molecule has 2 rings (SSSR count). The van der Waals surface area contributed by atoms with Gasteiger partial charge in [0.05, 0.1) is 0 Å². The van der Waals surface area contributed by atoms with Crippen molar-refractivity contribution in [3.8, 4) is 0 Å². The first-order valence-electron chi connectivity index (χ1n) is 5.07. The van der Waals surface area contributed by atoms with Gasteiger partial charge in [-0.3, -0.25) is 5.10 Å². The zero-order valence-electron chi connectivity index (χ0n) is 9.44. The second-order valence-electron chi connectivity index (χ2n) is 3.64. The van der Waals surface area contributed by atoms with E-state index in [1.54, 1.807) is 0 Å². The first-order valence-corrected chi connectivity index (χ1v) is 5.07. The molecule has 1 heterocycles. The molecule has 80 valence electrons. The van der Waals surface area contributed by atoms with Gasteiger partial charge in [0, 0.05) is 0 Å². The SMILES string of the molecule is CC(C)c1ccccc1.Cc1ncn[nH]1. The number of aromatic nitrogens is 3. The van der Waals surface area contributed by atoms with Crippen LogP contribution in [-0.4, -0.2) is 15.2 Å². The molecule has 0 fully saturated rings. The molecule has 0 aliphatic rings. The fourth-order valence-corrected chi connectivity index (χ4v) is 1.10. The van der Waals surface area contributed by atoms with Crippen molar-refractivity contribution in [3.05, 3.63) is 48.0 Å². The van der Waals surface area contributed by atoms with Crippen molar-refractivity contribution in [2.75, 3.05) is 0 Å². The zero-order valence-corrected chi connectivity index (χ0v) is 9.44. The summed E-state index contributed by atoms with van der Waals surface area (Å²) < 4.78 is 0. The van der Waals surface area contributed by atoms with Crippen molar-refractivity contribution < 1.29 is 0 Å². The van der Waals surface area contributed by atoms with E-state index in [-0.39, 0.29) is 0 Å². The number of benzene rings is 1. The van der Waals surface area contributed by atoms with E-state index in [1.165, 1.54) is 11.9 Å². The molecule has 0 bridgehead atoms. The van der Waals surface area contributed by atoms with Gasteiger partial charge in [-0.05, 0) is 18.4 Å². The van der Waals surface area contributed by atoms with Gasteiger partial charge >= 0.3 is 0 Å². The highest BCUT2D eigenvalue weighted by Crippen LogP contribution is 2.11. The number of aromatic amines is 1. The molecule has 3 heteroatoms. The molecule has 1 N–H and O–H groups in total. The number of aryl methyl sites for hydroxylation is 1. The molecule has 3 nitrogen and oxygen atoms in total. The molecule has 15 heavy (non-hydrogen) atoms. The molecule has 0 amide bonds. The molecule has 0 radical (unpaired) electrons. The lowest BCUT2D eigenvalue weighted by Gasteiger charge is -2.01. The topological polar surface area (TPSA) is 41.6 Å². The van der Waals surface area contributed by atoms with E-state index in [0.717, 1.165) is 5.82 Å². The first-order chi connectivity index (χ1) is 7.20. The predicted octanol–water partition coefficient (Wildman–Crippen LogP) is 2.92. The molecular weight excluding hydrogens is 186 g/mol. The molecule has 0 atom stereocenters. The maximum atomic E-state index is 3.75. The number of rotatable bonds is 1. The van der Waals surface area contributed by atoms with Gasteiger partial charge in [-0.15, -0.1) is 0 Å². The lowest BCUT2D eigenvalue weighted by molar-refractivity contribution is 0.867. The van der Waals surface area contributed by atoms with Crippen LogP contribution in [0.25, 0.3) is 0 Å². The Labute approximate surface area is 90.6 Å². The van der Waals surface area contributed by atoms with Crippen LogP contribution in [0, 0.1) is 6.92 Å². The Morgan fingerprint density at radius 2 is 1.80 bits per heavy atom. The third kappa shape index (κ3) is 4.40. The molecule has 0 aliphatic carbocycles. The van der Waals surface area contributed by atoms with Crippen LogP contribution in [0.2, 0.25) is 0 Å². The lowest BCUT2D eigenvalue weighted by Crippen LogP contribution is -1.83. The highest BCUT2D eigenvalue weighted by molar-refractivity contribution is 5.17. The fraction of sp³-hybridized carbons (Fsp3) is 0.333. The second-order valence-corrected chi connectivity index (χ2v) is 3.64. The number of hydrogen-bond acceptors (Lipinski definition) is 2. The van der Waals surface area contributed by atoms with Crippen LogP contribution in [0.3, 0.4) is 0 Å². The summed E-state index contributed by atoms with van der Waals surface area (Å²) in [6.07, 6.45) is 1.48. The molecule has 0 saturated heterocycles. The number of nitrogens with one attached hydrogen (secondary N) is 1. The number of hydrogen-bond donors (Lipinski definition) is 1. The molecule has 0 unspecified atom stereocenters. The maximum absolute atomic E-state index is 3.75. The smallest absolute Gasteiger partial charge is 0.137 e. The Kier molecular flexibility index (Phi) is 4.54. The van der Waals surface area contributed by atoms with Gasteiger partial charge in [-0.25, -0.2) is 4.98 Å². The van der Waals surface area contributed by atoms with Crippen molar-refractivity contribution in [3.63, 3.8) is 0 Å². The lowest BCUT2D eigenvalue weighted by atomic mass is 10.0. The van der Waals surface area contributed by atoms with E-state index in [2.05, 4.69) is 53.3 Å². The Bertz CT molecular complexity index is 352. The first kappa shape index (κ1) is 11.4. The summed E-state index contributed by atoms with van der Waals surface area (Å²) >= 11 is 0. The minimum atomic E-state index is 0.659. The Morgan fingerprint density at radius 3 is 2.07 bits per heavy atom. The van der Waals surface area contributed by atoms with Crippen LogP contribution in [0.4, 0.5) is 0 Å². The van der Waals surface area contributed by atoms with Crippen LogP contribution in [-0.2, 0) is 0 Å². The van der Waals surface area contributed by atoms with E-state index >= 15 is 0 Å². The third-order valence-electron chi connectivity index (χ3n) is 2.00. The summed E-state index contributed by atoms with van der Waals surface area (Å²) in [4.78, 5) is 3.75. The van der Waals surface area contributed by atoms with E-state index in [0.29, 0.717) is 5.92 Å². The minimum Gasteiger partial charge on any atom is -0.264 e. The second kappa shape index (κ2) is 5.96. The van der Waals surface area contributed by atoms with E-state index in [1.807, 2.05) is 13.0 Å². The van der Waals surface area contributed by atoms with Crippen molar-refractivity contribution >= 4 is 0 Å². The zero-order chi connectivity index (χ0) is 11.1. The molecule has 1 aromatic heterocycles. The Hall–Kier alpha value is -1.64. The van der Waals surface area contributed by atoms with Crippen molar-refractivity contribution in [2.45, 2.75) is 26.7 Å². The average Bonchev–Trinajstić information content (AvgIpc) is 2.71. The summed E-state index contributed by atoms with van der Waals surface area (Å²) in [6.45, 7) is 6.26. The standard InChI is InChI=1S/C9H12.C3H5N3/c1-8(2)9-6-4-3-5-7-9;1-3-4-2-5-6-3/h3-8H,1-2H3;2H,1H3,(H,4,5,6). The fourth-order valence-electron chi connectivity index (χ4n) is 1.10. The van der Waals surface area contributed by atoms with E-state index in [4.69, 9.17) is 0 Å². The third-order valence-corrected chi connectivity index (χ3v) is 2.00. The van der Waals surface area contributed by atoms with Gasteiger partial charge in [-0.2, -0.15) is 5.10 Å². The van der Waals surface area contributed by atoms with Crippen molar-refractivity contribution in [2.24, 2.45) is 0 Å². The van der Waals surface area contributed by atoms with Gasteiger partial charge in [0.1, 0.15) is 12.2 Å². The maximum Gasteiger partial charge on any atom is 0.137 e. The van der Waals surface area contributed by atoms with Crippen LogP contribution in [0.5, 0.6) is 0 Å². The summed E-state index contributed by atoms with van der Waals surface area (Å²) in [5.41, 5.74) is 1.41. The van der Waals surface area contributed by atoms with Crippen molar-refractivity contribution in [1.29, 1.82) is 0 Å². The molecule has 0 aliphatic heterocycles. The van der Waals surface area contributed by atoms with Gasteiger partial charge in [0.2, 0.25) is 0 Å². The summed E-state index contributed by atoms with van der Waals surface area (Å²) in [7, 11) is 0. The summed E-state index contributed by atoms with van der Waals surface area (Å²) in [5, 5.41) is 6.22. The van der Waals surface area contributed by atoms with Crippen molar-refractivity contribution in [1.82, 2.24) is 15.2 Å². The largest absolute Gasteiger partial charge is 0.264 e. The molecular formula is C12H17N3. The van der Waals surface area contributed by atoms with E-state index < -0.39 is 0 Å². The van der Waals surface area contributed by atoms with Gasteiger partial charge in [0.25, 0.3) is 0 Å². The van der Waals surface area contributed by atoms with Crippen LogP contribution < -0.4 is 0 Å². The summed E-state index contributed by atoms with van der Waals surface area (Å²) in [6, 6.07) is 10.5. The molecule has 0 saturated carbocycles. The number of H-pyrrole nitrogens is 1.